The number of anilines is 1. The summed E-state index contributed by atoms with van der Waals surface area (Å²) in [6, 6.07) is 8.90. The van der Waals surface area contributed by atoms with E-state index < -0.39 is 11.7 Å². The number of rotatable bonds is 2. The summed E-state index contributed by atoms with van der Waals surface area (Å²) in [4.78, 5) is 27.7. The number of hydrogen-bond donors (Lipinski definition) is 0. The standard InChI is InChI=1S/C10H10N2O3/c1-15-11-7-9(13)10(14)12(11)8-5-3-2-4-6-8/h2-6H,7H2,1H3. The normalized spacial score (nSPS) is 17.5. The van der Waals surface area contributed by atoms with Crippen LogP contribution in [0.25, 0.3) is 0 Å². The van der Waals surface area contributed by atoms with Crippen LogP contribution in [0.15, 0.2) is 30.3 Å². The molecule has 1 aromatic rings. The highest BCUT2D eigenvalue weighted by Crippen LogP contribution is 2.20. The lowest BCUT2D eigenvalue weighted by Gasteiger charge is -2.23. The third kappa shape index (κ3) is 1.62. The van der Waals surface area contributed by atoms with Crippen LogP contribution in [0.2, 0.25) is 0 Å². The maximum atomic E-state index is 11.5. The average molecular weight is 206 g/mol. The first-order valence-electron chi connectivity index (χ1n) is 4.48. The van der Waals surface area contributed by atoms with E-state index in [4.69, 9.17) is 4.84 Å². The van der Waals surface area contributed by atoms with E-state index in [1.165, 1.54) is 17.3 Å². The van der Waals surface area contributed by atoms with E-state index >= 15 is 0 Å². The molecule has 78 valence electrons. The van der Waals surface area contributed by atoms with Gasteiger partial charge in [0, 0.05) is 0 Å². The lowest BCUT2D eigenvalue weighted by molar-refractivity contribution is -0.137. The van der Waals surface area contributed by atoms with Crippen LogP contribution in [0, 0.1) is 0 Å². The maximum absolute atomic E-state index is 11.5. The smallest absolute Gasteiger partial charge is 0.287 e. The lowest BCUT2D eigenvalue weighted by atomic mass is 10.3. The molecule has 0 atom stereocenters. The maximum Gasteiger partial charge on any atom is 0.312 e. The highest BCUT2D eigenvalue weighted by atomic mass is 16.7. The van der Waals surface area contributed by atoms with Crippen LogP contribution in [-0.4, -0.2) is 30.5 Å². The third-order valence-electron chi connectivity index (χ3n) is 2.14. The molecule has 0 N–H and O–H groups in total. The molecular weight excluding hydrogens is 196 g/mol. The van der Waals surface area contributed by atoms with E-state index in [9.17, 15) is 9.59 Å². The number of amides is 1. The van der Waals surface area contributed by atoms with Crippen LogP contribution in [0.1, 0.15) is 0 Å². The summed E-state index contributed by atoms with van der Waals surface area (Å²) in [5.74, 6) is -1.04. The molecule has 5 nitrogen and oxygen atoms in total. The van der Waals surface area contributed by atoms with Crippen LogP contribution < -0.4 is 5.01 Å². The Morgan fingerprint density at radius 2 is 1.87 bits per heavy atom. The van der Waals surface area contributed by atoms with Crippen LogP contribution >= 0.6 is 0 Å². The number of carbonyl (C=O) groups is 2. The van der Waals surface area contributed by atoms with Gasteiger partial charge in [-0.15, -0.1) is 0 Å². The van der Waals surface area contributed by atoms with E-state index in [0.717, 1.165) is 0 Å². The Kier molecular flexibility index (Phi) is 2.49. The molecule has 0 bridgehead atoms. The summed E-state index contributed by atoms with van der Waals surface area (Å²) in [5.41, 5.74) is 0.621. The van der Waals surface area contributed by atoms with Gasteiger partial charge in [-0.2, -0.15) is 0 Å². The molecule has 2 rings (SSSR count). The predicted molar refractivity (Wildman–Crippen MR) is 52.7 cm³/mol. The molecule has 0 aromatic heterocycles. The number of ketones is 1. The number of carbonyl (C=O) groups excluding carboxylic acids is 2. The van der Waals surface area contributed by atoms with Crippen molar-refractivity contribution in [3.05, 3.63) is 30.3 Å². The first-order chi connectivity index (χ1) is 7.24. The fourth-order valence-corrected chi connectivity index (χ4v) is 1.44. The van der Waals surface area contributed by atoms with Gasteiger partial charge in [0.15, 0.2) is 0 Å². The van der Waals surface area contributed by atoms with Crippen LogP contribution in [-0.2, 0) is 14.4 Å². The molecular formula is C10H10N2O3. The Bertz CT molecular complexity index is 391. The summed E-state index contributed by atoms with van der Waals surface area (Å²) in [5, 5.41) is 2.46. The van der Waals surface area contributed by atoms with Gasteiger partial charge in [-0.3, -0.25) is 14.4 Å². The van der Waals surface area contributed by atoms with E-state index in [-0.39, 0.29) is 6.54 Å². The van der Waals surface area contributed by atoms with E-state index in [2.05, 4.69) is 0 Å². The molecule has 0 unspecified atom stereocenters. The van der Waals surface area contributed by atoms with Gasteiger partial charge in [-0.1, -0.05) is 23.4 Å². The molecule has 1 aliphatic rings. The Morgan fingerprint density at radius 3 is 2.47 bits per heavy atom. The van der Waals surface area contributed by atoms with E-state index in [1.807, 2.05) is 6.07 Å². The third-order valence-corrected chi connectivity index (χ3v) is 2.14. The van der Waals surface area contributed by atoms with Crippen molar-refractivity contribution in [2.75, 3.05) is 18.7 Å². The quantitative estimate of drug-likeness (QED) is 0.656. The van der Waals surface area contributed by atoms with Gasteiger partial charge in [-0.25, -0.2) is 5.01 Å². The first-order valence-corrected chi connectivity index (χ1v) is 4.48. The van der Waals surface area contributed by atoms with Gasteiger partial charge < -0.3 is 0 Å². The second-order valence-corrected chi connectivity index (χ2v) is 3.07. The minimum atomic E-state index is -0.567. The lowest BCUT2D eigenvalue weighted by Crippen LogP contribution is -2.38. The van der Waals surface area contributed by atoms with Gasteiger partial charge in [-0.05, 0) is 12.1 Å². The van der Waals surface area contributed by atoms with Crippen molar-refractivity contribution in [3.63, 3.8) is 0 Å². The summed E-state index contributed by atoms with van der Waals surface area (Å²) < 4.78 is 0. The summed E-state index contributed by atoms with van der Waals surface area (Å²) in [6.07, 6.45) is 0. The molecule has 0 radical (unpaired) electrons. The summed E-state index contributed by atoms with van der Waals surface area (Å²) in [6.45, 7) is -0.0375. The number of hydrogen-bond acceptors (Lipinski definition) is 4. The highest BCUT2D eigenvalue weighted by Gasteiger charge is 2.38. The number of Topliss-reactive ketones (excluding diaryl/α,β-unsaturated/α-hetero) is 1. The molecule has 1 fully saturated rings. The Hall–Kier alpha value is -1.72. The topological polar surface area (TPSA) is 49.9 Å². The molecule has 5 heteroatoms. The summed E-state index contributed by atoms with van der Waals surface area (Å²) >= 11 is 0. The van der Waals surface area contributed by atoms with Crippen molar-refractivity contribution < 1.29 is 14.4 Å². The Morgan fingerprint density at radius 1 is 1.20 bits per heavy atom. The molecule has 1 amide bonds. The van der Waals surface area contributed by atoms with E-state index in [0.29, 0.717) is 5.69 Å². The number of hydrazine groups is 1. The van der Waals surface area contributed by atoms with Crippen molar-refractivity contribution in [2.24, 2.45) is 0 Å². The molecule has 1 aromatic carbocycles. The van der Waals surface area contributed by atoms with Gasteiger partial charge in [0.1, 0.15) is 6.54 Å². The van der Waals surface area contributed by atoms with Crippen molar-refractivity contribution in [2.45, 2.75) is 0 Å². The van der Waals surface area contributed by atoms with Crippen molar-refractivity contribution in [1.82, 2.24) is 5.17 Å². The Balaban J connectivity index is 2.35. The predicted octanol–water partition coefficient (Wildman–Crippen LogP) is 0.381. The second-order valence-electron chi connectivity index (χ2n) is 3.07. The average Bonchev–Trinajstić information content (AvgIpc) is 2.56. The minimum Gasteiger partial charge on any atom is -0.287 e. The molecule has 0 saturated carbocycles. The van der Waals surface area contributed by atoms with Crippen LogP contribution in [0.3, 0.4) is 0 Å². The van der Waals surface area contributed by atoms with Gasteiger partial charge in [0.25, 0.3) is 0 Å². The van der Waals surface area contributed by atoms with Crippen molar-refractivity contribution in [1.29, 1.82) is 0 Å². The van der Waals surface area contributed by atoms with Crippen LogP contribution in [0.5, 0.6) is 0 Å². The van der Waals surface area contributed by atoms with Gasteiger partial charge in [0.2, 0.25) is 5.78 Å². The van der Waals surface area contributed by atoms with Crippen molar-refractivity contribution in [3.8, 4) is 0 Å². The molecule has 15 heavy (non-hydrogen) atoms. The SMILES string of the molecule is CON1CC(=O)C(=O)N1c1ccccc1. The molecule has 0 spiro atoms. The van der Waals surface area contributed by atoms with Gasteiger partial charge >= 0.3 is 5.91 Å². The Labute approximate surface area is 86.8 Å². The zero-order valence-corrected chi connectivity index (χ0v) is 8.21. The zero-order valence-electron chi connectivity index (χ0n) is 8.21. The number of para-hydroxylation sites is 1. The van der Waals surface area contributed by atoms with Gasteiger partial charge in [0.05, 0.1) is 12.8 Å². The summed E-state index contributed by atoms with van der Waals surface area (Å²) in [7, 11) is 1.42. The largest absolute Gasteiger partial charge is 0.312 e. The fourth-order valence-electron chi connectivity index (χ4n) is 1.44. The number of nitrogens with zero attached hydrogens (tertiary/aromatic N) is 2. The fraction of sp³-hybridized carbons (Fsp3) is 0.200. The molecule has 1 aliphatic heterocycles. The molecule has 0 aliphatic carbocycles. The minimum absolute atomic E-state index is 0.0375. The number of hydroxylamine groups is 1. The second kappa shape index (κ2) is 3.80. The van der Waals surface area contributed by atoms with Crippen LogP contribution in [0.4, 0.5) is 5.69 Å². The monoisotopic (exact) mass is 206 g/mol. The number of benzene rings is 1. The molecule has 1 heterocycles. The van der Waals surface area contributed by atoms with Crippen molar-refractivity contribution >= 4 is 17.4 Å². The first kappa shape index (κ1) is 9.82. The zero-order chi connectivity index (χ0) is 10.8. The molecule has 1 saturated heterocycles. The highest BCUT2D eigenvalue weighted by molar-refractivity contribution is 6.43. The van der Waals surface area contributed by atoms with E-state index in [1.54, 1.807) is 24.3 Å².